The number of ketones is 2. The zero-order valence-corrected chi connectivity index (χ0v) is 12.1. The highest BCUT2D eigenvalue weighted by molar-refractivity contribution is 6.13. The standard InChI is InChI=1S/C18H16O4/c19-16(13-4-2-1-3-5-13)11-17(20)14-6-7-18-15(10-14)12-21-8-9-22-18/h1-7,10H,8-9,11-12H2. The molecule has 112 valence electrons. The fraction of sp³-hybridized carbons (Fsp3) is 0.222. The lowest BCUT2D eigenvalue weighted by atomic mass is 10.00. The maximum atomic E-state index is 12.3. The first-order chi connectivity index (χ1) is 10.7. The van der Waals surface area contributed by atoms with E-state index in [1.165, 1.54) is 0 Å². The van der Waals surface area contributed by atoms with E-state index >= 15 is 0 Å². The SMILES string of the molecule is O=C(CC(=O)c1ccc2c(c1)COCCO2)c1ccccc1. The molecule has 2 aromatic rings. The van der Waals surface area contributed by atoms with Crippen molar-refractivity contribution >= 4 is 11.6 Å². The largest absolute Gasteiger partial charge is 0.491 e. The number of Topliss-reactive ketones (excluding diaryl/α,β-unsaturated/α-hetero) is 2. The van der Waals surface area contributed by atoms with E-state index in [-0.39, 0.29) is 18.0 Å². The van der Waals surface area contributed by atoms with Crippen molar-refractivity contribution in [3.05, 3.63) is 65.2 Å². The molecule has 0 atom stereocenters. The summed E-state index contributed by atoms with van der Waals surface area (Å²) in [6.45, 7) is 1.46. The van der Waals surface area contributed by atoms with Gasteiger partial charge in [0.15, 0.2) is 11.6 Å². The van der Waals surface area contributed by atoms with Crippen LogP contribution in [0.15, 0.2) is 48.5 Å². The number of carbonyl (C=O) groups is 2. The monoisotopic (exact) mass is 296 g/mol. The van der Waals surface area contributed by atoms with Crippen molar-refractivity contribution in [3.63, 3.8) is 0 Å². The van der Waals surface area contributed by atoms with Gasteiger partial charge < -0.3 is 9.47 Å². The van der Waals surface area contributed by atoms with Crippen LogP contribution in [0.25, 0.3) is 0 Å². The Balaban J connectivity index is 1.75. The summed E-state index contributed by atoms with van der Waals surface area (Å²) in [6.07, 6.45) is -0.134. The van der Waals surface area contributed by atoms with E-state index in [1.54, 1.807) is 42.5 Å². The molecule has 0 spiro atoms. The van der Waals surface area contributed by atoms with Gasteiger partial charge in [0.05, 0.1) is 19.6 Å². The molecule has 2 aromatic carbocycles. The van der Waals surface area contributed by atoms with Crippen molar-refractivity contribution < 1.29 is 19.1 Å². The predicted molar refractivity (Wildman–Crippen MR) is 81.3 cm³/mol. The van der Waals surface area contributed by atoms with Gasteiger partial charge in [-0.15, -0.1) is 0 Å². The van der Waals surface area contributed by atoms with Crippen LogP contribution in [-0.4, -0.2) is 24.8 Å². The van der Waals surface area contributed by atoms with Gasteiger partial charge in [0.1, 0.15) is 12.4 Å². The van der Waals surface area contributed by atoms with Crippen LogP contribution in [0, 0.1) is 0 Å². The van der Waals surface area contributed by atoms with Crippen molar-refractivity contribution in [2.45, 2.75) is 13.0 Å². The number of hydrogen-bond donors (Lipinski definition) is 0. The quantitative estimate of drug-likeness (QED) is 0.643. The first-order valence-corrected chi connectivity index (χ1v) is 7.19. The molecule has 0 unspecified atom stereocenters. The van der Waals surface area contributed by atoms with Crippen LogP contribution in [-0.2, 0) is 11.3 Å². The summed E-state index contributed by atoms with van der Waals surface area (Å²) in [6, 6.07) is 14.1. The molecule has 1 aliphatic heterocycles. The van der Waals surface area contributed by atoms with E-state index in [4.69, 9.17) is 9.47 Å². The number of carbonyl (C=O) groups excluding carboxylic acids is 2. The van der Waals surface area contributed by atoms with Crippen molar-refractivity contribution in [3.8, 4) is 5.75 Å². The fourth-order valence-corrected chi connectivity index (χ4v) is 2.37. The Hall–Kier alpha value is -2.46. The zero-order valence-electron chi connectivity index (χ0n) is 12.1. The fourth-order valence-electron chi connectivity index (χ4n) is 2.37. The van der Waals surface area contributed by atoms with Gasteiger partial charge in [0, 0.05) is 16.7 Å². The molecule has 0 saturated carbocycles. The minimum Gasteiger partial charge on any atom is -0.491 e. The number of benzene rings is 2. The summed E-state index contributed by atoms with van der Waals surface area (Å²) in [5.41, 5.74) is 1.91. The molecular formula is C18H16O4. The lowest BCUT2D eigenvalue weighted by Crippen LogP contribution is -2.09. The molecule has 3 rings (SSSR count). The van der Waals surface area contributed by atoms with E-state index in [2.05, 4.69) is 0 Å². The van der Waals surface area contributed by atoms with Gasteiger partial charge in [-0.2, -0.15) is 0 Å². The van der Waals surface area contributed by atoms with Crippen LogP contribution < -0.4 is 4.74 Å². The molecule has 4 heteroatoms. The van der Waals surface area contributed by atoms with Crippen LogP contribution in [0.2, 0.25) is 0 Å². The van der Waals surface area contributed by atoms with Gasteiger partial charge >= 0.3 is 0 Å². The predicted octanol–water partition coefficient (Wildman–Crippen LogP) is 3.05. The lowest BCUT2D eigenvalue weighted by Gasteiger charge is -2.08. The Kier molecular flexibility index (Phi) is 4.30. The van der Waals surface area contributed by atoms with E-state index in [1.807, 2.05) is 6.07 Å². The summed E-state index contributed by atoms with van der Waals surface area (Å²) in [5, 5.41) is 0. The van der Waals surface area contributed by atoms with Crippen LogP contribution >= 0.6 is 0 Å². The molecule has 0 bridgehead atoms. The molecule has 0 aromatic heterocycles. The van der Waals surface area contributed by atoms with Gasteiger partial charge in [0.2, 0.25) is 0 Å². The van der Waals surface area contributed by atoms with Crippen LogP contribution in [0.1, 0.15) is 32.7 Å². The first-order valence-electron chi connectivity index (χ1n) is 7.19. The third kappa shape index (κ3) is 3.23. The van der Waals surface area contributed by atoms with E-state index in [0.717, 1.165) is 11.3 Å². The third-order valence-electron chi connectivity index (χ3n) is 3.54. The summed E-state index contributed by atoms with van der Waals surface area (Å²) in [7, 11) is 0. The normalized spacial score (nSPS) is 13.6. The highest BCUT2D eigenvalue weighted by Crippen LogP contribution is 2.24. The molecule has 0 aliphatic carbocycles. The van der Waals surface area contributed by atoms with Gasteiger partial charge in [0.25, 0.3) is 0 Å². The Labute approximate surface area is 128 Å². The van der Waals surface area contributed by atoms with E-state index < -0.39 is 0 Å². The Bertz CT molecular complexity index is 691. The second-order valence-corrected chi connectivity index (χ2v) is 5.11. The summed E-state index contributed by atoms with van der Waals surface area (Å²) < 4.78 is 10.9. The van der Waals surface area contributed by atoms with Crippen LogP contribution in [0.3, 0.4) is 0 Å². The molecule has 0 amide bonds. The molecule has 4 nitrogen and oxygen atoms in total. The molecule has 0 radical (unpaired) electrons. The number of rotatable bonds is 4. The topological polar surface area (TPSA) is 52.6 Å². The van der Waals surface area contributed by atoms with Crippen molar-refractivity contribution in [2.24, 2.45) is 0 Å². The van der Waals surface area contributed by atoms with Crippen molar-refractivity contribution in [2.75, 3.05) is 13.2 Å². The smallest absolute Gasteiger partial charge is 0.170 e. The van der Waals surface area contributed by atoms with E-state index in [9.17, 15) is 9.59 Å². The Morgan fingerprint density at radius 1 is 0.909 bits per heavy atom. The van der Waals surface area contributed by atoms with Gasteiger partial charge in [-0.3, -0.25) is 9.59 Å². The van der Waals surface area contributed by atoms with Crippen LogP contribution in [0.4, 0.5) is 0 Å². The van der Waals surface area contributed by atoms with Gasteiger partial charge in [-0.1, -0.05) is 30.3 Å². The number of fused-ring (bicyclic) bond motifs is 1. The molecular weight excluding hydrogens is 280 g/mol. The first kappa shape index (κ1) is 14.5. The van der Waals surface area contributed by atoms with Gasteiger partial charge in [-0.25, -0.2) is 0 Å². The molecule has 22 heavy (non-hydrogen) atoms. The highest BCUT2D eigenvalue weighted by atomic mass is 16.5. The summed E-state index contributed by atoms with van der Waals surface area (Å²) in [4.78, 5) is 24.4. The Morgan fingerprint density at radius 2 is 1.68 bits per heavy atom. The zero-order chi connectivity index (χ0) is 15.4. The molecule has 0 fully saturated rings. The van der Waals surface area contributed by atoms with Crippen molar-refractivity contribution in [1.29, 1.82) is 0 Å². The number of ether oxygens (including phenoxy) is 2. The minimum atomic E-state index is -0.194. The Morgan fingerprint density at radius 3 is 2.50 bits per heavy atom. The molecule has 0 N–H and O–H groups in total. The summed E-state index contributed by atoms with van der Waals surface area (Å²) >= 11 is 0. The average molecular weight is 296 g/mol. The third-order valence-corrected chi connectivity index (χ3v) is 3.54. The van der Waals surface area contributed by atoms with Gasteiger partial charge in [-0.05, 0) is 18.2 Å². The minimum absolute atomic E-state index is 0.134. The highest BCUT2D eigenvalue weighted by Gasteiger charge is 2.16. The second-order valence-electron chi connectivity index (χ2n) is 5.11. The lowest BCUT2D eigenvalue weighted by molar-refractivity contribution is 0.0894. The van der Waals surface area contributed by atoms with E-state index in [0.29, 0.717) is 30.9 Å². The maximum absolute atomic E-state index is 12.3. The molecule has 0 saturated heterocycles. The maximum Gasteiger partial charge on any atom is 0.170 e. The summed E-state index contributed by atoms with van der Waals surface area (Å²) in [5.74, 6) is 0.373. The van der Waals surface area contributed by atoms with Crippen molar-refractivity contribution in [1.82, 2.24) is 0 Å². The number of hydrogen-bond acceptors (Lipinski definition) is 4. The molecule has 1 heterocycles. The molecule has 1 aliphatic rings. The second kappa shape index (κ2) is 6.54. The average Bonchev–Trinajstić information content (AvgIpc) is 2.80. The van der Waals surface area contributed by atoms with Crippen LogP contribution in [0.5, 0.6) is 5.75 Å².